The average Bonchev–Trinajstić information content (AvgIpc) is 2.85. The molecule has 0 saturated carbocycles. The van der Waals surface area contributed by atoms with Gasteiger partial charge in [-0.05, 0) is 45.5 Å². The van der Waals surface area contributed by atoms with Gasteiger partial charge in [0.15, 0.2) is 0 Å². The Balaban J connectivity index is 1.75. The molecule has 130 valence electrons. The highest BCUT2D eigenvalue weighted by Crippen LogP contribution is 2.32. The minimum Gasteiger partial charge on any atom is -0.493 e. The molecule has 5 nitrogen and oxygen atoms in total. The van der Waals surface area contributed by atoms with E-state index in [4.69, 9.17) is 4.74 Å². The zero-order valence-corrected chi connectivity index (χ0v) is 15.1. The van der Waals surface area contributed by atoms with Gasteiger partial charge in [0.05, 0.1) is 12.8 Å². The number of nitrogens with zero attached hydrogens (tertiary/aromatic N) is 3. The lowest BCUT2D eigenvalue weighted by atomic mass is 10.00. The van der Waals surface area contributed by atoms with Crippen LogP contribution in [0.5, 0.6) is 5.75 Å². The highest BCUT2D eigenvalue weighted by atomic mass is 16.5. The largest absolute Gasteiger partial charge is 0.493 e. The average molecular weight is 328 g/mol. The predicted octanol–water partition coefficient (Wildman–Crippen LogP) is 2.83. The molecular weight excluding hydrogens is 300 g/mol. The summed E-state index contributed by atoms with van der Waals surface area (Å²) in [6.45, 7) is 3.80. The van der Waals surface area contributed by atoms with Crippen molar-refractivity contribution in [3.05, 3.63) is 47.3 Å². The Labute approximate surface area is 144 Å². The van der Waals surface area contributed by atoms with Crippen molar-refractivity contribution in [2.24, 2.45) is 7.05 Å². The lowest BCUT2D eigenvalue weighted by Crippen LogP contribution is -2.33. The van der Waals surface area contributed by atoms with E-state index in [0.29, 0.717) is 12.1 Å². The van der Waals surface area contributed by atoms with E-state index >= 15 is 0 Å². The minimum atomic E-state index is 0.303. The van der Waals surface area contributed by atoms with Crippen LogP contribution in [0.1, 0.15) is 41.6 Å². The van der Waals surface area contributed by atoms with Crippen LogP contribution in [0.2, 0.25) is 0 Å². The van der Waals surface area contributed by atoms with Gasteiger partial charge in [-0.25, -0.2) is 0 Å². The number of benzene rings is 1. The smallest absolute Gasteiger partial charge is 0.124 e. The van der Waals surface area contributed by atoms with Crippen molar-refractivity contribution in [3.8, 4) is 5.75 Å². The molecule has 2 heterocycles. The maximum Gasteiger partial charge on any atom is 0.124 e. The summed E-state index contributed by atoms with van der Waals surface area (Å²) in [7, 11) is 6.20. The maximum absolute atomic E-state index is 5.94. The Morgan fingerprint density at radius 2 is 2.25 bits per heavy atom. The van der Waals surface area contributed by atoms with E-state index in [-0.39, 0.29) is 0 Å². The summed E-state index contributed by atoms with van der Waals surface area (Å²) in [4.78, 5) is 2.24. The Bertz CT molecular complexity index is 680. The minimum absolute atomic E-state index is 0.303. The molecule has 0 aliphatic carbocycles. The molecule has 1 aromatic heterocycles. The monoisotopic (exact) mass is 328 g/mol. The SMILES string of the molecule is Cc1ccc2c(c1)OCCC[C@@H]2NC[C@@H](c1cnn(C)c1)N(C)C. The first-order chi connectivity index (χ1) is 11.5. The molecule has 0 radical (unpaired) electrons. The number of ether oxygens (including phenoxy) is 1. The first-order valence-electron chi connectivity index (χ1n) is 8.66. The van der Waals surface area contributed by atoms with E-state index < -0.39 is 0 Å². The lowest BCUT2D eigenvalue weighted by Gasteiger charge is -2.27. The molecule has 0 unspecified atom stereocenters. The highest BCUT2D eigenvalue weighted by molar-refractivity contribution is 5.40. The number of hydrogen-bond acceptors (Lipinski definition) is 4. The highest BCUT2D eigenvalue weighted by Gasteiger charge is 2.22. The van der Waals surface area contributed by atoms with Gasteiger partial charge in [-0.15, -0.1) is 0 Å². The molecule has 2 atom stereocenters. The van der Waals surface area contributed by atoms with Crippen molar-refractivity contribution in [3.63, 3.8) is 0 Å². The third-order valence-electron chi connectivity index (χ3n) is 4.73. The number of aromatic nitrogens is 2. The number of fused-ring (bicyclic) bond motifs is 1. The number of hydrogen-bond donors (Lipinski definition) is 1. The van der Waals surface area contributed by atoms with Crippen LogP contribution in [0, 0.1) is 6.92 Å². The zero-order valence-electron chi connectivity index (χ0n) is 15.1. The number of aryl methyl sites for hydroxylation is 2. The van der Waals surface area contributed by atoms with Gasteiger partial charge in [-0.3, -0.25) is 4.68 Å². The van der Waals surface area contributed by atoms with Crippen LogP contribution in [0.3, 0.4) is 0 Å². The topological polar surface area (TPSA) is 42.3 Å². The third-order valence-corrected chi connectivity index (χ3v) is 4.73. The summed E-state index contributed by atoms with van der Waals surface area (Å²) in [5.74, 6) is 1.03. The summed E-state index contributed by atoms with van der Waals surface area (Å²) in [5.41, 5.74) is 3.77. The van der Waals surface area contributed by atoms with E-state index in [1.807, 2.05) is 17.9 Å². The second-order valence-corrected chi connectivity index (χ2v) is 6.92. The summed E-state index contributed by atoms with van der Waals surface area (Å²) in [6.07, 6.45) is 6.23. The fourth-order valence-corrected chi connectivity index (χ4v) is 3.36. The molecule has 1 aliphatic rings. The van der Waals surface area contributed by atoms with Crippen LogP contribution >= 0.6 is 0 Å². The molecule has 1 aromatic carbocycles. The Kier molecular flexibility index (Phi) is 5.21. The molecule has 2 aromatic rings. The fourth-order valence-electron chi connectivity index (χ4n) is 3.36. The van der Waals surface area contributed by atoms with E-state index in [1.165, 1.54) is 16.7 Å². The van der Waals surface area contributed by atoms with Crippen LogP contribution < -0.4 is 10.1 Å². The fraction of sp³-hybridized carbons (Fsp3) is 0.526. The molecule has 0 bridgehead atoms. The van der Waals surface area contributed by atoms with E-state index in [1.54, 1.807) is 0 Å². The first-order valence-corrected chi connectivity index (χ1v) is 8.66. The van der Waals surface area contributed by atoms with Crippen LogP contribution in [-0.2, 0) is 7.05 Å². The van der Waals surface area contributed by atoms with Gasteiger partial charge < -0.3 is 15.0 Å². The Hall–Kier alpha value is -1.85. The predicted molar refractivity (Wildman–Crippen MR) is 96.3 cm³/mol. The summed E-state index contributed by atoms with van der Waals surface area (Å²) >= 11 is 0. The van der Waals surface area contributed by atoms with E-state index in [2.05, 4.69) is 60.7 Å². The lowest BCUT2D eigenvalue weighted by molar-refractivity contribution is 0.276. The molecule has 0 spiro atoms. The molecule has 1 aliphatic heterocycles. The van der Waals surface area contributed by atoms with Crippen molar-refractivity contribution in [2.45, 2.75) is 31.8 Å². The Morgan fingerprint density at radius 1 is 1.42 bits per heavy atom. The van der Waals surface area contributed by atoms with Crippen LogP contribution in [0.15, 0.2) is 30.6 Å². The second-order valence-electron chi connectivity index (χ2n) is 6.92. The van der Waals surface area contributed by atoms with Crippen LogP contribution in [0.25, 0.3) is 0 Å². The van der Waals surface area contributed by atoms with Crippen molar-refractivity contribution >= 4 is 0 Å². The van der Waals surface area contributed by atoms with Crippen LogP contribution in [-0.4, -0.2) is 41.9 Å². The Morgan fingerprint density at radius 3 is 2.96 bits per heavy atom. The van der Waals surface area contributed by atoms with Crippen LogP contribution in [0.4, 0.5) is 0 Å². The zero-order chi connectivity index (χ0) is 17.1. The maximum atomic E-state index is 5.94. The quantitative estimate of drug-likeness (QED) is 0.916. The molecule has 5 heteroatoms. The number of nitrogens with one attached hydrogen (secondary N) is 1. The molecule has 0 fully saturated rings. The van der Waals surface area contributed by atoms with Gasteiger partial charge >= 0.3 is 0 Å². The number of rotatable bonds is 5. The molecule has 24 heavy (non-hydrogen) atoms. The van der Waals surface area contributed by atoms with Crippen molar-refractivity contribution in [2.75, 3.05) is 27.2 Å². The van der Waals surface area contributed by atoms with Gasteiger partial charge in [0.25, 0.3) is 0 Å². The molecule has 1 N–H and O–H groups in total. The molecule has 0 saturated heterocycles. The summed E-state index contributed by atoms with van der Waals surface area (Å²) < 4.78 is 7.80. The van der Waals surface area contributed by atoms with Crippen molar-refractivity contribution in [1.29, 1.82) is 0 Å². The van der Waals surface area contributed by atoms with Crippen molar-refractivity contribution < 1.29 is 4.74 Å². The van der Waals surface area contributed by atoms with Crippen molar-refractivity contribution in [1.82, 2.24) is 20.0 Å². The van der Waals surface area contributed by atoms with Gasteiger partial charge in [-0.2, -0.15) is 5.10 Å². The summed E-state index contributed by atoms with van der Waals surface area (Å²) in [5, 5.41) is 8.09. The van der Waals surface area contributed by atoms with Gasteiger partial charge in [0, 0.05) is 43.0 Å². The van der Waals surface area contributed by atoms with Gasteiger partial charge in [-0.1, -0.05) is 12.1 Å². The first kappa shape index (κ1) is 17.0. The second kappa shape index (κ2) is 7.36. The summed E-state index contributed by atoms with van der Waals surface area (Å²) in [6, 6.07) is 7.17. The molecule has 3 rings (SSSR count). The van der Waals surface area contributed by atoms with E-state index in [9.17, 15) is 0 Å². The number of likely N-dealkylation sites (N-methyl/N-ethyl adjacent to an activating group) is 1. The van der Waals surface area contributed by atoms with Gasteiger partial charge in [0.2, 0.25) is 0 Å². The molecular formula is C19H28N4O. The van der Waals surface area contributed by atoms with E-state index in [0.717, 1.165) is 31.7 Å². The van der Waals surface area contributed by atoms with Gasteiger partial charge in [0.1, 0.15) is 5.75 Å². The molecule has 0 amide bonds. The normalized spacial score (nSPS) is 18.8. The standard InChI is InChI=1S/C19H28N4O/c1-14-7-8-16-17(6-5-9-24-19(16)10-14)20-12-18(22(2)3)15-11-21-23(4)13-15/h7-8,10-11,13,17-18,20H,5-6,9,12H2,1-4H3/t17-,18-/m0/s1. The third kappa shape index (κ3) is 3.79.